The monoisotopic (exact) mass is 335 g/mol. The van der Waals surface area contributed by atoms with Crippen molar-refractivity contribution in [2.24, 2.45) is 0 Å². The predicted molar refractivity (Wildman–Crippen MR) is 74.3 cm³/mol. The van der Waals surface area contributed by atoms with Crippen LogP contribution >= 0.6 is 15.9 Å². The summed E-state index contributed by atoms with van der Waals surface area (Å²) in [6, 6.07) is 6.82. The average molecular weight is 336 g/mol. The summed E-state index contributed by atoms with van der Waals surface area (Å²) < 4.78 is 16.6. The normalized spacial score (nSPS) is 12.2. The third kappa shape index (κ3) is 2.75. The molecule has 5 nitrogen and oxygen atoms in total. The third-order valence-corrected chi connectivity index (χ3v) is 3.18. The van der Waals surface area contributed by atoms with Gasteiger partial charge in [0.15, 0.2) is 23.9 Å². The number of pyridine rings is 1. The zero-order valence-corrected chi connectivity index (χ0v) is 11.9. The van der Waals surface area contributed by atoms with Crippen molar-refractivity contribution >= 4 is 21.7 Å². The first-order chi connectivity index (χ1) is 9.72. The molecule has 0 amide bonds. The van der Waals surface area contributed by atoms with Crippen LogP contribution in [0.4, 0.5) is 0 Å². The van der Waals surface area contributed by atoms with E-state index in [0.717, 1.165) is 4.47 Å². The lowest BCUT2D eigenvalue weighted by Gasteiger charge is -2.06. The number of ketones is 1. The van der Waals surface area contributed by atoms with Crippen molar-refractivity contribution in [3.63, 3.8) is 0 Å². The van der Waals surface area contributed by atoms with E-state index in [0.29, 0.717) is 22.8 Å². The Morgan fingerprint density at radius 2 is 2.10 bits per heavy atom. The number of aromatic nitrogens is 1. The highest BCUT2D eigenvalue weighted by molar-refractivity contribution is 9.10. The standard InChI is InChI=1S/C14H10BrNO4/c15-10-4-11(6-16-5-10)18-7-12(17)9-1-2-13-14(3-9)20-8-19-13/h1-6H,7-8H2. The number of hydrogen-bond acceptors (Lipinski definition) is 5. The van der Waals surface area contributed by atoms with Gasteiger partial charge in [0, 0.05) is 16.2 Å². The van der Waals surface area contributed by atoms with E-state index in [1.165, 1.54) is 0 Å². The first-order valence-corrected chi connectivity index (χ1v) is 6.68. The van der Waals surface area contributed by atoms with Crippen LogP contribution in [0.15, 0.2) is 41.1 Å². The minimum atomic E-state index is -0.136. The van der Waals surface area contributed by atoms with E-state index in [1.54, 1.807) is 36.7 Å². The second-order valence-electron chi connectivity index (χ2n) is 4.12. The van der Waals surface area contributed by atoms with Gasteiger partial charge in [-0.05, 0) is 40.2 Å². The van der Waals surface area contributed by atoms with Crippen LogP contribution in [0.25, 0.3) is 0 Å². The average Bonchev–Trinajstić information content (AvgIpc) is 2.92. The van der Waals surface area contributed by atoms with Crippen LogP contribution in [0.3, 0.4) is 0 Å². The molecule has 2 aromatic rings. The van der Waals surface area contributed by atoms with Gasteiger partial charge in [-0.1, -0.05) is 0 Å². The lowest BCUT2D eigenvalue weighted by molar-refractivity contribution is 0.0921. The van der Waals surface area contributed by atoms with Crippen molar-refractivity contribution in [3.8, 4) is 17.2 Å². The predicted octanol–water partition coefficient (Wildman–Crippen LogP) is 2.83. The van der Waals surface area contributed by atoms with Crippen LogP contribution < -0.4 is 14.2 Å². The van der Waals surface area contributed by atoms with Crippen molar-refractivity contribution in [1.82, 2.24) is 4.98 Å². The third-order valence-electron chi connectivity index (χ3n) is 2.74. The highest BCUT2D eigenvalue weighted by Crippen LogP contribution is 2.32. The maximum atomic E-state index is 12.0. The molecule has 102 valence electrons. The molecular formula is C14H10BrNO4. The second kappa shape index (κ2) is 5.50. The minimum absolute atomic E-state index is 0.0578. The molecule has 1 aliphatic heterocycles. The fourth-order valence-electron chi connectivity index (χ4n) is 1.77. The van der Waals surface area contributed by atoms with E-state index in [2.05, 4.69) is 20.9 Å². The van der Waals surface area contributed by atoms with Gasteiger partial charge in [-0.15, -0.1) is 0 Å². The maximum Gasteiger partial charge on any atom is 0.231 e. The number of carbonyl (C=O) groups excluding carboxylic acids is 1. The zero-order chi connectivity index (χ0) is 13.9. The number of Topliss-reactive ketones (excluding diaryl/α,β-unsaturated/α-hetero) is 1. The molecule has 0 bridgehead atoms. The highest BCUT2D eigenvalue weighted by Gasteiger charge is 2.16. The molecule has 0 unspecified atom stereocenters. The first kappa shape index (κ1) is 12.9. The largest absolute Gasteiger partial charge is 0.484 e. The fourth-order valence-corrected chi connectivity index (χ4v) is 2.12. The van der Waals surface area contributed by atoms with Gasteiger partial charge in [0.25, 0.3) is 0 Å². The number of halogens is 1. The molecule has 1 aromatic carbocycles. The fraction of sp³-hybridized carbons (Fsp3) is 0.143. The number of nitrogens with zero attached hydrogens (tertiary/aromatic N) is 1. The molecule has 20 heavy (non-hydrogen) atoms. The van der Waals surface area contributed by atoms with Gasteiger partial charge in [0.05, 0.1) is 6.20 Å². The van der Waals surface area contributed by atoms with E-state index >= 15 is 0 Å². The summed E-state index contributed by atoms with van der Waals surface area (Å²) in [5, 5.41) is 0. The molecule has 0 saturated carbocycles. The summed E-state index contributed by atoms with van der Waals surface area (Å²) in [7, 11) is 0. The van der Waals surface area contributed by atoms with Gasteiger partial charge in [-0.25, -0.2) is 0 Å². The van der Waals surface area contributed by atoms with Crippen molar-refractivity contribution in [1.29, 1.82) is 0 Å². The molecule has 1 aliphatic rings. The van der Waals surface area contributed by atoms with Gasteiger partial charge >= 0.3 is 0 Å². The molecule has 0 aliphatic carbocycles. The van der Waals surface area contributed by atoms with Crippen LogP contribution in [-0.4, -0.2) is 24.2 Å². The molecule has 1 aromatic heterocycles. The number of fused-ring (bicyclic) bond motifs is 1. The molecule has 0 spiro atoms. The first-order valence-electron chi connectivity index (χ1n) is 5.88. The molecule has 0 radical (unpaired) electrons. The topological polar surface area (TPSA) is 57.7 Å². The molecule has 0 atom stereocenters. The second-order valence-corrected chi connectivity index (χ2v) is 5.03. The van der Waals surface area contributed by atoms with Gasteiger partial charge in [-0.2, -0.15) is 0 Å². The van der Waals surface area contributed by atoms with Crippen LogP contribution in [-0.2, 0) is 0 Å². The van der Waals surface area contributed by atoms with Gasteiger partial charge in [-0.3, -0.25) is 9.78 Å². The van der Waals surface area contributed by atoms with E-state index in [1.807, 2.05) is 0 Å². The van der Waals surface area contributed by atoms with Crippen molar-refractivity contribution in [2.45, 2.75) is 0 Å². The summed E-state index contributed by atoms with van der Waals surface area (Å²) in [4.78, 5) is 16.0. The molecule has 3 rings (SSSR count). The summed E-state index contributed by atoms with van der Waals surface area (Å²) >= 11 is 3.29. The quantitative estimate of drug-likeness (QED) is 0.804. The Bertz CT molecular complexity index is 659. The van der Waals surface area contributed by atoms with E-state index in [-0.39, 0.29) is 19.2 Å². The molecule has 2 heterocycles. The molecule has 0 N–H and O–H groups in total. The number of carbonyl (C=O) groups is 1. The number of ether oxygens (including phenoxy) is 3. The highest BCUT2D eigenvalue weighted by atomic mass is 79.9. The minimum Gasteiger partial charge on any atom is -0.484 e. The SMILES string of the molecule is O=C(COc1cncc(Br)c1)c1ccc2c(c1)OCO2. The van der Waals surface area contributed by atoms with Gasteiger partial charge in [0.2, 0.25) is 6.79 Å². The Morgan fingerprint density at radius 3 is 2.95 bits per heavy atom. The van der Waals surface area contributed by atoms with Crippen LogP contribution in [0.2, 0.25) is 0 Å². The summed E-state index contributed by atoms with van der Waals surface area (Å²) in [5.74, 6) is 1.63. The molecule has 6 heteroatoms. The van der Waals surface area contributed by atoms with Crippen LogP contribution in [0.1, 0.15) is 10.4 Å². The van der Waals surface area contributed by atoms with Crippen LogP contribution in [0.5, 0.6) is 17.2 Å². The van der Waals surface area contributed by atoms with E-state index in [4.69, 9.17) is 14.2 Å². The van der Waals surface area contributed by atoms with Crippen molar-refractivity contribution in [2.75, 3.05) is 13.4 Å². The number of benzene rings is 1. The molecule has 0 saturated heterocycles. The lowest BCUT2D eigenvalue weighted by Crippen LogP contribution is -2.11. The van der Waals surface area contributed by atoms with E-state index < -0.39 is 0 Å². The maximum absolute atomic E-state index is 12.0. The lowest BCUT2D eigenvalue weighted by atomic mass is 10.1. The Kier molecular flexibility index (Phi) is 3.56. The van der Waals surface area contributed by atoms with Gasteiger partial charge in [0.1, 0.15) is 5.75 Å². The summed E-state index contributed by atoms with van der Waals surface area (Å²) in [6.45, 7) is 0.130. The van der Waals surface area contributed by atoms with Crippen molar-refractivity contribution in [3.05, 3.63) is 46.7 Å². The van der Waals surface area contributed by atoms with Crippen LogP contribution in [0, 0.1) is 0 Å². The Morgan fingerprint density at radius 1 is 1.25 bits per heavy atom. The Balaban J connectivity index is 1.67. The molecular weight excluding hydrogens is 326 g/mol. The smallest absolute Gasteiger partial charge is 0.231 e. The molecule has 0 fully saturated rings. The van der Waals surface area contributed by atoms with E-state index in [9.17, 15) is 4.79 Å². The number of rotatable bonds is 4. The Hall–Kier alpha value is -2.08. The summed E-state index contributed by atoms with van der Waals surface area (Å²) in [5.41, 5.74) is 0.525. The summed E-state index contributed by atoms with van der Waals surface area (Å²) in [6.07, 6.45) is 3.20. The van der Waals surface area contributed by atoms with Gasteiger partial charge < -0.3 is 14.2 Å². The zero-order valence-electron chi connectivity index (χ0n) is 10.3. The Labute approximate surface area is 123 Å². The van der Waals surface area contributed by atoms with Crippen molar-refractivity contribution < 1.29 is 19.0 Å². The number of hydrogen-bond donors (Lipinski definition) is 0.